The average Bonchev–Trinajstić information content (AvgIpc) is 2.78. The fraction of sp³-hybridized carbons (Fsp3) is 0.938. The second kappa shape index (κ2) is 6.44. The molecule has 0 aromatic rings. The minimum atomic E-state index is 0.297. The lowest BCUT2D eigenvalue weighted by Crippen LogP contribution is -2.45. The Balaban J connectivity index is 1.39. The van der Waals surface area contributed by atoms with E-state index in [0.717, 1.165) is 38.9 Å². The molecule has 2 bridgehead atoms. The third-order valence-electron chi connectivity index (χ3n) is 5.44. The summed E-state index contributed by atoms with van der Waals surface area (Å²) in [7, 11) is 0. The molecule has 0 spiro atoms. The molecule has 3 aliphatic rings. The highest BCUT2D eigenvalue weighted by Gasteiger charge is 2.34. The van der Waals surface area contributed by atoms with Crippen molar-refractivity contribution in [3.05, 3.63) is 0 Å². The monoisotopic (exact) mass is 279 g/mol. The van der Waals surface area contributed by atoms with Crippen molar-refractivity contribution < 1.29 is 4.79 Å². The number of fused-ring (bicyclic) bond motifs is 2. The van der Waals surface area contributed by atoms with Crippen LogP contribution in [0.5, 0.6) is 0 Å². The Kier molecular flexibility index (Phi) is 4.61. The van der Waals surface area contributed by atoms with Crippen LogP contribution in [0.1, 0.15) is 51.9 Å². The van der Waals surface area contributed by atoms with Crippen molar-refractivity contribution in [2.45, 2.75) is 70.0 Å². The van der Waals surface area contributed by atoms with Gasteiger partial charge in [0.05, 0.1) is 0 Å². The first-order valence-electron chi connectivity index (χ1n) is 8.50. The van der Waals surface area contributed by atoms with Crippen molar-refractivity contribution in [1.82, 2.24) is 15.5 Å². The van der Waals surface area contributed by atoms with Gasteiger partial charge in [0, 0.05) is 37.6 Å². The first-order valence-corrected chi connectivity index (χ1v) is 8.50. The maximum absolute atomic E-state index is 12.2. The number of hydrogen-bond donors (Lipinski definition) is 2. The fourth-order valence-electron chi connectivity index (χ4n) is 4.28. The summed E-state index contributed by atoms with van der Waals surface area (Å²) in [6.45, 7) is 5.63. The summed E-state index contributed by atoms with van der Waals surface area (Å²) in [5.74, 6) is 0.913. The van der Waals surface area contributed by atoms with Crippen LogP contribution in [-0.2, 0) is 4.79 Å². The van der Waals surface area contributed by atoms with Crippen molar-refractivity contribution in [2.24, 2.45) is 5.92 Å². The molecule has 0 saturated carbocycles. The van der Waals surface area contributed by atoms with Crippen LogP contribution in [0.4, 0.5) is 0 Å². The molecule has 4 nitrogen and oxygen atoms in total. The largest absolute Gasteiger partial charge is 0.353 e. The molecule has 1 amide bonds. The van der Waals surface area contributed by atoms with Gasteiger partial charge < -0.3 is 15.5 Å². The zero-order valence-electron chi connectivity index (χ0n) is 12.7. The van der Waals surface area contributed by atoms with E-state index in [-0.39, 0.29) is 0 Å². The van der Waals surface area contributed by atoms with Crippen LogP contribution in [0.2, 0.25) is 0 Å². The topological polar surface area (TPSA) is 44.4 Å². The zero-order chi connectivity index (χ0) is 13.9. The van der Waals surface area contributed by atoms with E-state index in [4.69, 9.17) is 0 Å². The Labute approximate surface area is 122 Å². The summed E-state index contributed by atoms with van der Waals surface area (Å²) < 4.78 is 0. The lowest BCUT2D eigenvalue weighted by Gasteiger charge is -2.32. The molecule has 4 heteroatoms. The van der Waals surface area contributed by atoms with E-state index < -0.39 is 0 Å². The Hall–Kier alpha value is -0.610. The van der Waals surface area contributed by atoms with Crippen molar-refractivity contribution in [3.8, 4) is 0 Å². The molecule has 0 aromatic carbocycles. The highest BCUT2D eigenvalue weighted by atomic mass is 16.1. The first-order chi connectivity index (χ1) is 9.72. The molecule has 3 rings (SSSR count). The number of piperidine rings is 2. The van der Waals surface area contributed by atoms with Gasteiger partial charge in [-0.1, -0.05) is 6.92 Å². The van der Waals surface area contributed by atoms with Crippen molar-refractivity contribution in [2.75, 3.05) is 19.6 Å². The van der Waals surface area contributed by atoms with Crippen molar-refractivity contribution in [3.63, 3.8) is 0 Å². The molecule has 2 atom stereocenters. The minimum Gasteiger partial charge on any atom is -0.353 e. The lowest BCUT2D eigenvalue weighted by atomic mass is 9.89. The standard InChI is InChI=1S/C16H29N3O/c1-2-19-7-5-13(6-8-19)18-16(20)11-12-9-14-3-4-15(10-12)17-14/h12-15,17H,2-11H2,1H3,(H,18,20). The molecule has 20 heavy (non-hydrogen) atoms. The number of nitrogens with one attached hydrogen (secondary N) is 2. The third kappa shape index (κ3) is 3.53. The zero-order valence-corrected chi connectivity index (χ0v) is 12.7. The van der Waals surface area contributed by atoms with Gasteiger partial charge >= 0.3 is 0 Å². The fourth-order valence-corrected chi connectivity index (χ4v) is 4.28. The third-order valence-corrected chi connectivity index (χ3v) is 5.44. The molecule has 3 heterocycles. The Bertz CT molecular complexity index is 327. The van der Waals surface area contributed by atoms with E-state index >= 15 is 0 Å². The summed E-state index contributed by atoms with van der Waals surface area (Å²) in [4.78, 5) is 14.7. The summed E-state index contributed by atoms with van der Waals surface area (Å²) in [5.41, 5.74) is 0. The number of rotatable bonds is 4. The smallest absolute Gasteiger partial charge is 0.220 e. The van der Waals surface area contributed by atoms with Crippen LogP contribution in [0.25, 0.3) is 0 Å². The van der Waals surface area contributed by atoms with E-state index in [1.54, 1.807) is 0 Å². The van der Waals surface area contributed by atoms with E-state index in [1.807, 2.05) is 0 Å². The summed E-state index contributed by atoms with van der Waals surface area (Å²) in [5, 5.41) is 6.92. The molecule has 114 valence electrons. The number of amides is 1. The molecule has 3 aliphatic heterocycles. The van der Waals surface area contributed by atoms with Crippen LogP contribution < -0.4 is 10.6 Å². The molecule has 2 N–H and O–H groups in total. The van der Waals surface area contributed by atoms with Gasteiger partial charge in [-0.2, -0.15) is 0 Å². The highest BCUT2D eigenvalue weighted by molar-refractivity contribution is 5.76. The van der Waals surface area contributed by atoms with Crippen LogP contribution in [0.3, 0.4) is 0 Å². The predicted octanol–water partition coefficient (Wildman–Crippen LogP) is 1.51. The van der Waals surface area contributed by atoms with Crippen LogP contribution in [-0.4, -0.2) is 48.6 Å². The normalized spacial score (nSPS) is 35.1. The summed E-state index contributed by atoms with van der Waals surface area (Å²) in [6.07, 6.45) is 8.05. The van der Waals surface area contributed by atoms with Gasteiger partial charge in [-0.3, -0.25) is 4.79 Å². The summed E-state index contributed by atoms with van der Waals surface area (Å²) >= 11 is 0. The number of carbonyl (C=O) groups is 1. The second-order valence-corrected chi connectivity index (χ2v) is 6.96. The van der Waals surface area contributed by atoms with Gasteiger partial charge in [-0.05, 0) is 51.0 Å². The van der Waals surface area contributed by atoms with Gasteiger partial charge in [0.2, 0.25) is 5.91 Å². The van der Waals surface area contributed by atoms with E-state index in [9.17, 15) is 4.79 Å². The van der Waals surface area contributed by atoms with E-state index in [2.05, 4.69) is 22.5 Å². The number of likely N-dealkylation sites (tertiary alicyclic amines) is 1. The van der Waals surface area contributed by atoms with E-state index in [1.165, 1.54) is 25.7 Å². The Morgan fingerprint density at radius 1 is 1.15 bits per heavy atom. The van der Waals surface area contributed by atoms with Gasteiger partial charge in [0.1, 0.15) is 0 Å². The van der Waals surface area contributed by atoms with Crippen LogP contribution >= 0.6 is 0 Å². The SMILES string of the molecule is CCN1CCC(NC(=O)CC2CC3CCC(C2)N3)CC1. The average molecular weight is 279 g/mol. The molecular weight excluding hydrogens is 250 g/mol. The van der Waals surface area contributed by atoms with Crippen LogP contribution in [0, 0.1) is 5.92 Å². The van der Waals surface area contributed by atoms with Crippen molar-refractivity contribution in [1.29, 1.82) is 0 Å². The van der Waals surface area contributed by atoms with Crippen LogP contribution in [0.15, 0.2) is 0 Å². The van der Waals surface area contributed by atoms with Gasteiger partial charge in [-0.25, -0.2) is 0 Å². The molecule has 0 aliphatic carbocycles. The maximum atomic E-state index is 12.2. The molecule has 0 aromatic heterocycles. The Morgan fingerprint density at radius 3 is 2.40 bits per heavy atom. The first kappa shape index (κ1) is 14.3. The number of hydrogen-bond acceptors (Lipinski definition) is 3. The summed E-state index contributed by atoms with van der Waals surface area (Å²) in [6, 6.07) is 1.81. The molecule has 0 radical (unpaired) electrons. The molecule has 3 fully saturated rings. The molecule has 2 unspecified atom stereocenters. The molecule has 3 saturated heterocycles. The maximum Gasteiger partial charge on any atom is 0.220 e. The highest BCUT2D eigenvalue weighted by Crippen LogP contribution is 2.32. The van der Waals surface area contributed by atoms with Crippen molar-refractivity contribution >= 4 is 5.91 Å². The molecular formula is C16H29N3O. The quantitative estimate of drug-likeness (QED) is 0.820. The number of nitrogens with zero attached hydrogens (tertiary/aromatic N) is 1. The lowest BCUT2D eigenvalue weighted by molar-refractivity contribution is -0.123. The minimum absolute atomic E-state index is 0.297. The second-order valence-electron chi connectivity index (χ2n) is 6.96. The van der Waals surface area contributed by atoms with Gasteiger partial charge in [0.25, 0.3) is 0 Å². The van der Waals surface area contributed by atoms with Gasteiger partial charge in [-0.15, -0.1) is 0 Å². The predicted molar refractivity (Wildman–Crippen MR) is 80.6 cm³/mol. The van der Waals surface area contributed by atoms with E-state index in [0.29, 0.717) is 30.0 Å². The Morgan fingerprint density at radius 2 is 1.80 bits per heavy atom. The van der Waals surface area contributed by atoms with Gasteiger partial charge in [0.15, 0.2) is 0 Å². The number of carbonyl (C=O) groups excluding carboxylic acids is 1.